The molecule has 4 rings (SSSR count). The number of nitrogens with two attached hydrogens (primary N) is 1. The number of aliphatic hydroxyl groups is 2. The summed E-state index contributed by atoms with van der Waals surface area (Å²) in [4.78, 5) is 0. The summed E-state index contributed by atoms with van der Waals surface area (Å²) in [5.41, 5.74) is 8.83. The molecule has 2 saturated carbocycles. The average Bonchev–Trinajstić information content (AvgIpc) is 2.77. The Morgan fingerprint density at radius 1 is 1.18 bits per heavy atom. The van der Waals surface area contributed by atoms with Crippen LogP contribution in [0.15, 0.2) is 23.3 Å². The Bertz CT molecular complexity index is 554. The lowest BCUT2D eigenvalue weighted by molar-refractivity contribution is 0.00254. The highest BCUT2D eigenvalue weighted by Gasteiger charge is 2.56. The topological polar surface area (TPSA) is 66.5 Å². The lowest BCUT2D eigenvalue weighted by Crippen LogP contribution is -2.51. The molecule has 4 aliphatic rings. The van der Waals surface area contributed by atoms with Crippen LogP contribution in [0.5, 0.6) is 0 Å². The molecular formula is C19H29NO2. The van der Waals surface area contributed by atoms with E-state index >= 15 is 0 Å². The molecule has 3 nitrogen and oxygen atoms in total. The highest BCUT2D eigenvalue weighted by atomic mass is 16.3. The summed E-state index contributed by atoms with van der Waals surface area (Å²) in [7, 11) is 0. The summed E-state index contributed by atoms with van der Waals surface area (Å²) < 4.78 is 0. The zero-order valence-electron chi connectivity index (χ0n) is 13.8. The number of aliphatic hydroxyl groups excluding tert-OH is 2. The van der Waals surface area contributed by atoms with E-state index in [1.807, 2.05) is 0 Å². The van der Waals surface area contributed by atoms with Gasteiger partial charge in [0.05, 0.1) is 12.2 Å². The minimum atomic E-state index is -0.332. The van der Waals surface area contributed by atoms with Crippen molar-refractivity contribution in [1.29, 1.82) is 0 Å². The maximum Gasteiger partial charge on any atom is 0.0758 e. The van der Waals surface area contributed by atoms with E-state index < -0.39 is 0 Å². The van der Waals surface area contributed by atoms with Crippen LogP contribution in [0.3, 0.4) is 0 Å². The van der Waals surface area contributed by atoms with Crippen LogP contribution >= 0.6 is 0 Å². The van der Waals surface area contributed by atoms with Gasteiger partial charge in [0.2, 0.25) is 0 Å². The summed E-state index contributed by atoms with van der Waals surface area (Å²) in [5, 5.41) is 21.3. The normalized spacial score (nSPS) is 54.0. The molecule has 2 fully saturated rings. The molecule has 0 spiro atoms. The zero-order chi connectivity index (χ0) is 15.7. The van der Waals surface area contributed by atoms with Crippen molar-refractivity contribution < 1.29 is 10.2 Å². The smallest absolute Gasteiger partial charge is 0.0758 e. The fourth-order valence-corrected chi connectivity index (χ4v) is 6.04. The first kappa shape index (κ1) is 14.9. The van der Waals surface area contributed by atoms with E-state index in [2.05, 4.69) is 26.0 Å². The number of hydrogen-bond acceptors (Lipinski definition) is 3. The molecular weight excluding hydrogens is 274 g/mol. The van der Waals surface area contributed by atoms with Crippen molar-refractivity contribution in [3.8, 4) is 0 Å². The van der Waals surface area contributed by atoms with Gasteiger partial charge in [-0.1, -0.05) is 31.6 Å². The number of fused-ring (bicyclic) bond motifs is 4. The molecule has 0 aromatic carbocycles. The van der Waals surface area contributed by atoms with Crippen LogP contribution in [-0.2, 0) is 0 Å². The Morgan fingerprint density at radius 3 is 2.73 bits per heavy atom. The Balaban J connectivity index is 1.82. The third-order valence-electron chi connectivity index (χ3n) is 7.53. The van der Waals surface area contributed by atoms with E-state index in [-0.39, 0.29) is 29.1 Å². The van der Waals surface area contributed by atoms with Crippen LogP contribution in [0.1, 0.15) is 52.4 Å². The van der Waals surface area contributed by atoms with Crippen molar-refractivity contribution in [2.45, 2.75) is 70.6 Å². The molecule has 0 radical (unpaired) electrons. The molecule has 4 N–H and O–H groups in total. The van der Waals surface area contributed by atoms with Gasteiger partial charge in [0.25, 0.3) is 0 Å². The largest absolute Gasteiger partial charge is 0.392 e. The Labute approximate surface area is 133 Å². The minimum Gasteiger partial charge on any atom is -0.392 e. The van der Waals surface area contributed by atoms with Gasteiger partial charge < -0.3 is 15.9 Å². The van der Waals surface area contributed by atoms with Crippen LogP contribution in [-0.4, -0.2) is 28.5 Å². The van der Waals surface area contributed by atoms with Gasteiger partial charge in [-0.05, 0) is 61.3 Å². The molecule has 0 aliphatic heterocycles. The van der Waals surface area contributed by atoms with Gasteiger partial charge in [-0.25, -0.2) is 0 Å². The first-order chi connectivity index (χ1) is 10.4. The van der Waals surface area contributed by atoms with E-state index in [0.717, 1.165) is 38.5 Å². The standard InChI is InChI=1S/C19H29NO2/c1-18-7-5-12(20)9-11(18)10-15(21)17-13-3-4-16(22)19(13,2)8-6-14(17)18/h5,7,11-12,14-16,21-22H,3-4,6,8-10,20H2,1-2H3/t11?,12?,14-,15?,16?,18+,19+/m1/s1. The fraction of sp³-hybridized carbons (Fsp3) is 0.789. The molecule has 0 saturated heterocycles. The molecule has 7 atom stereocenters. The number of hydrogen-bond donors (Lipinski definition) is 3. The molecule has 4 unspecified atom stereocenters. The molecule has 122 valence electrons. The van der Waals surface area contributed by atoms with Gasteiger partial charge >= 0.3 is 0 Å². The van der Waals surface area contributed by atoms with Crippen molar-refractivity contribution in [3.63, 3.8) is 0 Å². The average molecular weight is 303 g/mol. The SMILES string of the molecule is C[C@]12CC[C@@H]3C(=C1CCC2O)C(O)CC1CC(N)C=C[C@@]13C. The molecule has 0 aromatic heterocycles. The molecule has 0 amide bonds. The maximum absolute atomic E-state index is 10.9. The van der Waals surface area contributed by atoms with E-state index in [9.17, 15) is 10.2 Å². The van der Waals surface area contributed by atoms with Crippen LogP contribution in [0, 0.1) is 22.7 Å². The third-order valence-corrected chi connectivity index (χ3v) is 7.53. The van der Waals surface area contributed by atoms with Gasteiger partial charge in [0.1, 0.15) is 0 Å². The van der Waals surface area contributed by atoms with E-state index in [1.54, 1.807) is 0 Å². The lowest BCUT2D eigenvalue weighted by Gasteiger charge is -2.55. The van der Waals surface area contributed by atoms with Crippen molar-refractivity contribution >= 4 is 0 Å². The van der Waals surface area contributed by atoms with Gasteiger partial charge in [0.15, 0.2) is 0 Å². The van der Waals surface area contributed by atoms with Crippen LogP contribution in [0.2, 0.25) is 0 Å². The maximum atomic E-state index is 10.9. The summed E-state index contributed by atoms with van der Waals surface area (Å²) in [6.45, 7) is 4.57. The first-order valence-electron chi connectivity index (χ1n) is 8.91. The zero-order valence-corrected chi connectivity index (χ0v) is 13.8. The lowest BCUT2D eigenvalue weighted by atomic mass is 9.50. The third kappa shape index (κ3) is 1.79. The second-order valence-corrected chi connectivity index (χ2v) is 8.57. The minimum absolute atomic E-state index is 0.0925. The van der Waals surface area contributed by atoms with E-state index in [1.165, 1.54) is 11.1 Å². The van der Waals surface area contributed by atoms with Gasteiger partial charge in [-0.2, -0.15) is 0 Å². The summed E-state index contributed by atoms with van der Waals surface area (Å²) in [5.74, 6) is 0.908. The quantitative estimate of drug-likeness (QED) is 0.602. The monoisotopic (exact) mass is 303 g/mol. The first-order valence-corrected chi connectivity index (χ1v) is 8.91. The summed E-state index contributed by atoms with van der Waals surface area (Å²) in [6.07, 6.45) is 9.72. The van der Waals surface area contributed by atoms with Gasteiger partial charge in [-0.15, -0.1) is 0 Å². The summed E-state index contributed by atoms with van der Waals surface area (Å²) >= 11 is 0. The van der Waals surface area contributed by atoms with Gasteiger partial charge in [-0.3, -0.25) is 0 Å². The van der Waals surface area contributed by atoms with Crippen LogP contribution in [0.4, 0.5) is 0 Å². The van der Waals surface area contributed by atoms with Gasteiger partial charge in [0, 0.05) is 11.5 Å². The van der Waals surface area contributed by atoms with E-state index in [0.29, 0.717) is 11.8 Å². The number of rotatable bonds is 0. The van der Waals surface area contributed by atoms with E-state index in [4.69, 9.17) is 5.73 Å². The predicted octanol–water partition coefficient (Wildman–Crippen LogP) is 2.53. The molecule has 3 heteroatoms. The van der Waals surface area contributed by atoms with Crippen LogP contribution in [0.25, 0.3) is 0 Å². The van der Waals surface area contributed by atoms with Crippen molar-refractivity contribution in [2.75, 3.05) is 0 Å². The van der Waals surface area contributed by atoms with Crippen molar-refractivity contribution in [1.82, 2.24) is 0 Å². The highest BCUT2D eigenvalue weighted by Crippen LogP contribution is 2.62. The molecule has 22 heavy (non-hydrogen) atoms. The predicted molar refractivity (Wildman–Crippen MR) is 87.1 cm³/mol. The van der Waals surface area contributed by atoms with Crippen molar-refractivity contribution in [3.05, 3.63) is 23.3 Å². The Hall–Kier alpha value is -0.640. The fourth-order valence-electron chi connectivity index (χ4n) is 6.04. The number of allylic oxidation sites excluding steroid dienone is 1. The van der Waals surface area contributed by atoms with Crippen LogP contribution < -0.4 is 5.73 Å². The Morgan fingerprint density at radius 2 is 1.95 bits per heavy atom. The Kier molecular flexibility index (Phi) is 3.18. The molecule has 0 aromatic rings. The second kappa shape index (κ2) is 4.68. The second-order valence-electron chi connectivity index (χ2n) is 8.57. The van der Waals surface area contributed by atoms with Crippen molar-refractivity contribution in [2.24, 2.45) is 28.4 Å². The molecule has 4 aliphatic carbocycles. The summed E-state index contributed by atoms with van der Waals surface area (Å²) in [6, 6.07) is 0.140. The molecule has 0 bridgehead atoms. The highest BCUT2D eigenvalue weighted by molar-refractivity contribution is 5.39. The molecule has 0 heterocycles.